The lowest BCUT2D eigenvalue weighted by Gasteiger charge is -2.30. The van der Waals surface area contributed by atoms with Crippen LogP contribution in [-0.4, -0.2) is 11.7 Å². The maximum atomic E-state index is 13.9. The van der Waals surface area contributed by atoms with E-state index in [1.54, 1.807) is 99.6 Å². The number of anilines is 1. The Morgan fingerprint density at radius 1 is 0.944 bits per heavy atom. The van der Waals surface area contributed by atoms with Gasteiger partial charge in [-0.2, -0.15) is 4.57 Å². The molecule has 0 spiro atoms. The number of amides is 1. The van der Waals surface area contributed by atoms with Crippen molar-refractivity contribution in [3.8, 4) is 11.5 Å². The number of nitrogens with zero attached hydrogens (tertiary/aromatic N) is 1. The first-order chi connectivity index (χ1) is 17.0. The van der Waals surface area contributed by atoms with Crippen LogP contribution >= 0.6 is 19.4 Å². The molecule has 7 nitrogen and oxygen atoms in total. The molecule has 0 fully saturated rings. The Kier molecular flexibility index (Phi) is 8.51. The van der Waals surface area contributed by atoms with E-state index in [0.717, 1.165) is 4.90 Å². The highest BCUT2D eigenvalue weighted by molar-refractivity contribution is 7.49. The highest BCUT2D eigenvalue weighted by Crippen LogP contribution is 2.52. The van der Waals surface area contributed by atoms with Crippen LogP contribution < -0.4 is 13.9 Å². The molecule has 3 rings (SSSR count). The summed E-state index contributed by atoms with van der Waals surface area (Å²) in [6.45, 7) is 12.8. The predicted molar refractivity (Wildman–Crippen MR) is 142 cm³/mol. The van der Waals surface area contributed by atoms with Crippen molar-refractivity contribution in [3.05, 3.63) is 108 Å². The molecule has 0 heterocycles. The van der Waals surface area contributed by atoms with Gasteiger partial charge >= 0.3 is 13.9 Å². The number of carbonyl (C=O) groups is 1. The summed E-state index contributed by atoms with van der Waals surface area (Å²) < 4.78 is 36.4. The van der Waals surface area contributed by atoms with Gasteiger partial charge in [0.05, 0.1) is 5.69 Å². The van der Waals surface area contributed by atoms with Crippen molar-refractivity contribution in [2.75, 3.05) is 4.90 Å². The lowest BCUT2D eigenvalue weighted by molar-refractivity contribution is 0.0576. The Labute approximate surface area is 216 Å². The third kappa shape index (κ3) is 7.41. The monoisotopic (exact) mass is 527 g/mol. The third-order valence-electron chi connectivity index (χ3n) is 4.41. The van der Waals surface area contributed by atoms with E-state index >= 15 is 0 Å². The predicted octanol–water partition coefficient (Wildman–Crippen LogP) is 8.48. The second-order valence-electron chi connectivity index (χ2n) is 8.46. The minimum Gasteiger partial charge on any atom is -0.443 e. The number of carbonyl (C=O) groups excluding carboxylic acids is 1. The zero-order chi connectivity index (χ0) is 26.3. The van der Waals surface area contributed by atoms with Gasteiger partial charge in [-0.15, -0.1) is 0 Å². The molecule has 0 aliphatic heterocycles. The summed E-state index contributed by atoms with van der Waals surface area (Å²) >= 11 is 6.13. The number of rotatable bonds is 9. The Morgan fingerprint density at radius 2 is 1.47 bits per heavy atom. The molecule has 0 aromatic heterocycles. The molecular weight excluding hydrogens is 501 g/mol. The number of hydrogen-bond acceptors (Lipinski definition) is 6. The first-order valence-corrected chi connectivity index (χ1v) is 12.8. The van der Waals surface area contributed by atoms with E-state index in [-0.39, 0.29) is 17.4 Å². The molecule has 3 aromatic carbocycles. The van der Waals surface area contributed by atoms with Crippen molar-refractivity contribution < 1.29 is 27.7 Å². The highest BCUT2D eigenvalue weighted by Gasteiger charge is 2.38. The minimum atomic E-state index is -4.42. The maximum absolute atomic E-state index is 13.9. The molecule has 0 aliphatic rings. The van der Waals surface area contributed by atoms with Crippen molar-refractivity contribution in [2.24, 2.45) is 0 Å². The van der Waals surface area contributed by atoms with Crippen molar-refractivity contribution >= 4 is 37.3 Å². The summed E-state index contributed by atoms with van der Waals surface area (Å²) in [6, 6.07) is 21.5. The van der Waals surface area contributed by atoms with Crippen LogP contribution in [0.25, 0.3) is 6.08 Å². The van der Waals surface area contributed by atoms with Crippen LogP contribution in [0.3, 0.4) is 0 Å². The number of phosphoric ester groups is 1. The number of benzene rings is 3. The molecule has 36 heavy (non-hydrogen) atoms. The summed E-state index contributed by atoms with van der Waals surface area (Å²) in [5.74, 6) is 0.100. The number of phosphoric acid groups is 1. The lowest BCUT2D eigenvalue weighted by Crippen LogP contribution is -2.37. The van der Waals surface area contributed by atoms with Crippen LogP contribution in [0, 0.1) is 0 Å². The zero-order valence-corrected chi connectivity index (χ0v) is 21.9. The molecule has 0 N–H and O–H groups in total. The molecule has 9 heteroatoms. The van der Waals surface area contributed by atoms with Crippen LogP contribution in [-0.2, 0) is 13.8 Å². The molecule has 0 saturated carbocycles. The van der Waals surface area contributed by atoms with Gasteiger partial charge in [-0.3, -0.25) is 0 Å². The van der Waals surface area contributed by atoms with E-state index in [2.05, 4.69) is 13.2 Å². The average molecular weight is 528 g/mol. The fourth-order valence-electron chi connectivity index (χ4n) is 2.98. The van der Waals surface area contributed by atoms with Crippen molar-refractivity contribution in [3.63, 3.8) is 0 Å². The first kappa shape index (κ1) is 26.9. The molecule has 0 unspecified atom stereocenters. The van der Waals surface area contributed by atoms with Gasteiger partial charge in [0, 0.05) is 5.02 Å². The van der Waals surface area contributed by atoms with Crippen molar-refractivity contribution in [1.29, 1.82) is 0 Å². The fourth-order valence-corrected chi connectivity index (χ4v) is 4.37. The van der Waals surface area contributed by atoms with Gasteiger partial charge in [-0.1, -0.05) is 60.7 Å². The molecule has 3 aromatic rings. The number of para-hydroxylation sites is 2. The number of ether oxygens (including phenoxy) is 1. The third-order valence-corrected chi connectivity index (χ3v) is 5.95. The Balaban J connectivity index is 2.02. The molecule has 0 bridgehead atoms. The van der Waals surface area contributed by atoms with Crippen molar-refractivity contribution in [2.45, 2.75) is 26.4 Å². The van der Waals surface area contributed by atoms with Crippen LogP contribution in [0.15, 0.2) is 97.9 Å². The zero-order valence-electron chi connectivity index (χ0n) is 20.2. The maximum Gasteiger partial charge on any atom is 0.648 e. The second-order valence-corrected chi connectivity index (χ2v) is 10.3. The molecule has 0 aliphatic carbocycles. The van der Waals surface area contributed by atoms with Gasteiger partial charge in [-0.05, 0) is 75.4 Å². The summed E-state index contributed by atoms with van der Waals surface area (Å²) in [4.78, 5) is 14.3. The van der Waals surface area contributed by atoms with E-state index < -0.39 is 19.5 Å². The van der Waals surface area contributed by atoms with E-state index in [1.807, 2.05) is 0 Å². The largest absolute Gasteiger partial charge is 0.648 e. The number of hydrogen-bond donors (Lipinski definition) is 0. The molecule has 1 amide bonds. The Bertz CT molecular complexity index is 1230. The molecule has 0 atom stereocenters. The number of halogens is 1. The summed E-state index contributed by atoms with van der Waals surface area (Å²) in [6.07, 6.45) is 0.677. The summed E-state index contributed by atoms with van der Waals surface area (Å²) in [5.41, 5.74) is -0.0678. The van der Waals surface area contributed by atoms with Gasteiger partial charge in [0.2, 0.25) is 5.88 Å². The standard InChI is InChI=1S/C27H27ClNO6P/c1-6-21-19-22(28)17-18-25(21)29(26(30)32-27(3,4)5)20(2)33-36(31,34-23-13-9-7-10-14-23)35-24-15-11-8-12-16-24/h6-19H,1-2H2,3-5H3. The minimum absolute atomic E-state index is 0.228. The quantitative estimate of drug-likeness (QED) is 0.205. The van der Waals surface area contributed by atoms with Gasteiger partial charge in [0.15, 0.2) is 0 Å². The SMILES string of the molecule is C=Cc1cc(Cl)ccc1N(C(=C)OP(=O)(Oc1ccccc1)Oc1ccccc1)C(=O)OC(C)(C)C. The molecular formula is C27H27ClNO6P. The smallest absolute Gasteiger partial charge is 0.443 e. The van der Waals surface area contributed by atoms with Crippen LogP contribution in [0.5, 0.6) is 11.5 Å². The fraction of sp³-hybridized carbons (Fsp3) is 0.148. The van der Waals surface area contributed by atoms with Crippen molar-refractivity contribution in [1.82, 2.24) is 0 Å². The van der Waals surface area contributed by atoms with E-state index in [0.29, 0.717) is 16.3 Å². The van der Waals surface area contributed by atoms with Crippen LogP contribution in [0.1, 0.15) is 26.3 Å². The highest BCUT2D eigenvalue weighted by atomic mass is 35.5. The summed E-state index contributed by atoms with van der Waals surface area (Å²) in [7, 11) is -4.42. The Hall–Kier alpha value is -3.67. The first-order valence-electron chi connectivity index (χ1n) is 10.9. The molecule has 0 radical (unpaired) electrons. The summed E-state index contributed by atoms with van der Waals surface area (Å²) in [5, 5.41) is 0.426. The topological polar surface area (TPSA) is 74.3 Å². The average Bonchev–Trinajstić information content (AvgIpc) is 2.80. The van der Waals surface area contributed by atoms with E-state index in [9.17, 15) is 9.36 Å². The van der Waals surface area contributed by atoms with Gasteiger partial charge < -0.3 is 18.3 Å². The van der Waals surface area contributed by atoms with Gasteiger partial charge in [0.1, 0.15) is 17.1 Å². The van der Waals surface area contributed by atoms with E-state index in [4.69, 9.17) is 29.9 Å². The van der Waals surface area contributed by atoms with Crippen LogP contribution in [0.2, 0.25) is 5.02 Å². The van der Waals surface area contributed by atoms with Gasteiger partial charge in [-0.25, -0.2) is 9.69 Å². The second kappa shape index (κ2) is 11.4. The molecule has 0 saturated heterocycles. The van der Waals surface area contributed by atoms with E-state index in [1.165, 1.54) is 6.08 Å². The molecule has 188 valence electrons. The van der Waals surface area contributed by atoms with Gasteiger partial charge in [0.25, 0.3) is 0 Å². The normalized spacial score (nSPS) is 11.2. The lowest BCUT2D eigenvalue weighted by atomic mass is 10.1. The Morgan fingerprint density at radius 3 is 1.94 bits per heavy atom. The van der Waals surface area contributed by atoms with Crippen LogP contribution in [0.4, 0.5) is 10.5 Å².